The standard InChI is InChI=1S/C27H25N3O3S/c1-30(2)34(32,33)26-13-7-12-24(18-26)27(31)29-19-25-17-23(14-15-28-25)22-11-6-10-21(16-22)20-8-4-3-5-9-20/h3-18H,19H2,1-2H3,(H,29,31). The van der Waals surface area contributed by atoms with E-state index in [1.54, 1.807) is 18.3 Å². The van der Waals surface area contributed by atoms with Crippen LogP contribution in [-0.4, -0.2) is 37.7 Å². The largest absolute Gasteiger partial charge is 0.346 e. The smallest absolute Gasteiger partial charge is 0.251 e. The number of benzene rings is 3. The lowest BCUT2D eigenvalue weighted by atomic mass is 9.99. The maximum absolute atomic E-state index is 12.7. The van der Waals surface area contributed by atoms with Gasteiger partial charge in [-0.3, -0.25) is 9.78 Å². The van der Waals surface area contributed by atoms with Crippen LogP contribution in [0.3, 0.4) is 0 Å². The molecule has 0 spiro atoms. The Morgan fingerprint density at radius 3 is 2.18 bits per heavy atom. The van der Waals surface area contributed by atoms with Crippen molar-refractivity contribution >= 4 is 15.9 Å². The van der Waals surface area contributed by atoms with Gasteiger partial charge in [0.2, 0.25) is 10.0 Å². The average Bonchev–Trinajstić information content (AvgIpc) is 2.88. The third-order valence-electron chi connectivity index (χ3n) is 5.42. The third-order valence-corrected chi connectivity index (χ3v) is 7.24. The van der Waals surface area contributed by atoms with Crippen LogP contribution in [-0.2, 0) is 16.6 Å². The predicted molar refractivity (Wildman–Crippen MR) is 134 cm³/mol. The van der Waals surface area contributed by atoms with E-state index >= 15 is 0 Å². The maximum atomic E-state index is 12.7. The van der Waals surface area contributed by atoms with Gasteiger partial charge in [0.25, 0.3) is 5.91 Å². The van der Waals surface area contributed by atoms with E-state index < -0.39 is 10.0 Å². The van der Waals surface area contributed by atoms with Crippen LogP contribution >= 0.6 is 0 Å². The molecular weight excluding hydrogens is 446 g/mol. The van der Waals surface area contributed by atoms with Gasteiger partial charge in [-0.1, -0.05) is 54.6 Å². The predicted octanol–water partition coefficient (Wildman–Crippen LogP) is 4.60. The molecule has 0 bridgehead atoms. The summed E-state index contributed by atoms with van der Waals surface area (Å²) in [6, 6.07) is 28.3. The molecular formula is C27H25N3O3S. The molecule has 0 radical (unpaired) electrons. The Bertz CT molecular complexity index is 1420. The molecule has 0 fully saturated rings. The molecule has 0 aliphatic carbocycles. The van der Waals surface area contributed by atoms with Crippen LogP contribution in [0.15, 0.2) is 102 Å². The average molecular weight is 472 g/mol. The molecule has 7 heteroatoms. The SMILES string of the molecule is CN(C)S(=O)(=O)c1cccc(C(=O)NCc2cc(-c3cccc(-c4ccccc4)c3)ccn2)c1. The fourth-order valence-corrected chi connectivity index (χ4v) is 4.49. The Morgan fingerprint density at radius 2 is 1.44 bits per heavy atom. The molecule has 0 aliphatic heterocycles. The number of nitrogens with zero attached hydrogens (tertiary/aromatic N) is 2. The van der Waals surface area contributed by atoms with Crippen LogP contribution in [0.25, 0.3) is 22.3 Å². The number of rotatable bonds is 7. The van der Waals surface area contributed by atoms with Crippen LogP contribution in [0.1, 0.15) is 16.1 Å². The number of aromatic nitrogens is 1. The molecule has 1 N–H and O–H groups in total. The van der Waals surface area contributed by atoms with Gasteiger partial charge in [0, 0.05) is 25.9 Å². The molecule has 3 aromatic carbocycles. The molecule has 172 valence electrons. The molecule has 1 aromatic heterocycles. The number of nitrogens with one attached hydrogen (secondary N) is 1. The zero-order valence-corrected chi connectivity index (χ0v) is 19.8. The summed E-state index contributed by atoms with van der Waals surface area (Å²) in [6.07, 6.45) is 1.72. The second kappa shape index (κ2) is 9.99. The van der Waals surface area contributed by atoms with Crippen molar-refractivity contribution in [3.8, 4) is 22.3 Å². The quantitative estimate of drug-likeness (QED) is 0.427. The van der Waals surface area contributed by atoms with Crippen LogP contribution in [0.4, 0.5) is 0 Å². The van der Waals surface area contributed by atoms with Crippen molar-refractivity contribution in [2.75, 3.05) is 14.1 Å². The van der Waals surface area contributed by atoms with Crippen LogP contribution < -0.4 is 5.32 Å². The highest BCUT2D eigenvalue weighted by molar-refractivity contribution is 7.89. The molecule has 0 atom stereocenters. The number of hydrogen-bond donors (Lipinski definition) is 1. The lowest BCUT2D eigenvalue weighted by molar-refractivity contribution is 0.0950. The van der Waals surface area contributed by atoms with Crippen molar-refractivity contribution in [1.82, 2.24) is 14.6 Å². The van der Waals surface area contributed by atoms with Crippen molar-refractivity contribution in [3.05, 3.63) is 108 Å². The number of amides is 1. The van der Waals surface area contributed by atoms with E-state index in [0.717, 1.165) is 26.6 Å². The van der Waals surface area contributed by atoms with Gasteiger partial charge < -0.3 is 5.32 Å². The fourth-order valence-electron chi connectivity index (χ4n) is 3.54. The molecule has 6 nitrogen and oxygen atoms in total. The van der Waals surface area contributed by atoms with Crippen molar-refractivity contribution in [3.63, 3.8) is 0 Å². The number of pyridine rings is 1. The fraction of sp³-hybridized carbons (Fsp3) is 0.111. The minimum atomic E-state index is -3.62. The third kappa shape index (κ3) is 5.22. The van der Waals surface area contributed by atoms with Crippen LogP contribution in [0, 0.1) is 0 Å². The first-order chi connectivity index (χ1) is 16.3. The molecule has 1 heterocycles. The van der Waals surface area contributed by atoms with E-state index in [2.05, 4.69) is 34.6 Å². The van der Waals surface area contributed by atoms with Crippen molar-refractivity contribution in [2.24, 2.45) is 0 Å². The van der Waals surface area contributed by atoms with Crippen molar-refractivity contribution < 1.29 is 13.2 Å². The van der Waals surface area contributed by atoms with Crippen molar-refractivity contribution in [1.29, 1.82) is 0 Å². The van der Waals surface area contributed by atoms with Gasteiger partial charge in [-0.05, 0) is 58.7 Å². The second-order valence-corrected chi connectivity index (χ2v) is 10.1. The van der Waals surface area contributed by atoms with E-state index in [9.17, 15) is 13.2 Å². The minimum Gasteiger partial charge on any atom is -0.346 e. The summed E-state index contributed by atoms with van der Waals surface area (Å²) in [4.78, 5) is 17.1. The molecule has 0 saturated carbocycles. The van der Waals surface area contributed by atoms with E-state index in [1.165, 1.54) is 26.2 Å². The minimum absolute atomic E-state index is 0.0728. The van der Waals surface area contributed by atoms with Gasteiger partial charge in [-0.2, -0.15) is 0 Å². The summed E-state index contributed by atoms with van der Waals surface area (Å²) in [5, 5.41) is 2.83. The number of carbonyl (C=O) groups excluding carboxylic acids is 1. The first kappa shape index (κ1) is 23.4. The highest BCUT2D eigenvalue weighted by atomic mass is 32.2. The molecule has 0 unspecified atom stereocenters. The lowest BCUT2D eigenvalue weighted by Gasteiger charge is -2.12. The summed E-state index contributed by atoms with van der Waals surface area (Å²) in [5.74, 6) is -0.367. The topological polar surface area (TPSA) is 79.4 Å². The Hall–Kier alpha value is -3.81. The lowest BCUT2D eigenvalue weighted by Crippen LogP contribution is -2.25. The van der Waals surface area contributed by atoms with Gasteiger partial charge in [0.05, 0.1) is 17.1 Å². The monoisotopic (exact) mass is 471 g/mol. The zero-order chi connectivity index (χ0) is 24.1. The highest BCUT2D eigenvalue weighted by Crippen LogP contribution is 2.26. The Balaban J connectivity index is 1.50. The van der Waals surface area contributed by atoms with Gasteiger partial charge in [-0.25, -0.2) is 12.7 Å². The maximum Gasteiger partial charge on any atom is 0.251 e. The first-order valence-corrected chi connectivity index (χ1v) is 12.2. The van der Waals surface area contributed by atoms with E-state index in [-0.39, 0.29) is 22.9 Å². The van der Waals surface area contributed by atoms with Crippen LogP contribution in [0.2, 0.25) is 0 Å². The van der Waals surface area contributed by atoms with Crippen LogP contribution in [0.5, 0.6) is 0 Å². The summed E-state index contributed by atoms with van der Waals surface area (Å²) >= 11 is 0. The first-order valence-electron chi connectivity index (χ1n) is 10.8. The summed E-state index contributed by atoms with van der Waals surface area (Å²) in [6.45, 7) is 0.218. The van der Waals surface area contributed by atoms with E-state index in [0.29, 0.717) is 5.69 Å². The molecule has 0 saturated heterocycles. The number of hydrogen-bond acceptors (Lipinski definition) is 4. The molecule has 0 aliphatic rings. The summed E-state index contributed by atoms with van der Waals surface area (Å²) in [7, 11) is -0.710. The van der Waals surface area contributed by atoms with E-state index in [1.807, 2.05) is 42.5 Å². The summed E-state index contributed by atoms with van der Waals surface area (Å²) in [5.41, 5.74) is 5.29. The zero-order valence-electron chi connectivity index (χ0n) is 19.0. The van der Waals surface area contributed by atoms with Gasteiger partial charge in [0.15, 0.2) is 0 Å². The van der Waals surface area contributed by atoms with Gasteiger partial charge in [-0.15, -0.1) is 0 Å². The van der Waals surface area contributed by atoms with Crippen molar-refractivity contribution in [2.45, 2.75) is 11.4 Å². The highest BCUT2D eigenvalue weighted by Gasteiger charge is 2.18. The summed E-state index contributed by atoms with van der Waals surface area (Å²) < 4.78 is 25.8. The Morgan fingerprint density at radius 1 is 0.794 bits per heavy atom. The molecule has 34 heavy (non-hydrogen) atoms. The normalized spacial score (nSPS) is 11.4. The number of carbonyl (C=O) groups is 1. The molecule has 4 aromatic rings. The Labute approximate surface area is 200 Å². The van der Waals surface area contributed by atoms with Gasteiger partial charge in [0.1, 0.15) is 0 Å². The molecule has 4 rings (SSSR count). The van der Waals surface area contributed by atoms with Gasteiger partial charge >= 0.3 is 0 Å². The second-order valence-electron chi connectivity index (χ2n) is 7.98. The number of sulfonamides is 1. The Kier molecular flexibility index (Phi) is 6.86. The van der Waals surface area contributed by atoms with E-state index in [4.69, 9.17) is 0 Å². The molecule has 1 amide bonds.